The maximum Gasteiger partial charge on any atom is 0.0280 e. The Hall–Kier alpha value is 0.290. The predicted octanol–water partition coefficient (Wildman–Crippen LogP) is 6.17. The lowest BCUT2D eigenvalue weighted by molar-refractivity contribution is 0.132. The molecule has 0 aromatic heterocycles. The molecule has 2 aliphatic carbocycles. The van der Waals surface area contributed by atoms with Gasteiger partial charge in [-0.15, -0.1) is 11.6 Å². The first-order valence-corrected chi connectivity index (χ1v) is 8.87. The van der Waals surface area contributed by atoms with Crippen LogP contribution in [0.2, 0.25) is 0 Å². The Morgan fingerprint density at radius 1 is 1.00 bits per heavy atom. The minimum absolute atomic E-state index is 0.527. The summed E-state index contributed by atoms with van der Waals surface area (Å²) in [5, 5.41) is 0. The highest BCUT2D eigenvalue weighted by Crippen LogP contribution is 2.47. The molecule has 0 spiro atoms. The highest BCUT2D eigenvalue weighted by Gasteiger charge is 2.36. The molecule has 0 unspecified atom stereocenters. The Morgan fingerprint density at radius 2 is 1.67 bits per heavy atom. The van der Waals surface area contributed by atoms with Crippen LogP contribution in [-0.2, 0) is 0 Å². The van der Waals surface area contributed by atoms with Crippen molar-refractivity contribution in [1.82, 2.24) is 0 Å². The fourth-order valence-corrected chi connectivity index (χ4v) is 4.67. The largest absolute Gasteiger partial charge is 0.126 e. The summed E-state index contributed by atoms with van der Waals surface area (Å²) in [6, 6.07) is 0. The van der Waals surface area contributed by atoms with E-state index < -0.39 is 0 Å². The van der Waals surface area contributed by atoms with Crippen molar-refractivity contribution < 1.29 is 0 Å². The fraction of sp³-hybridized carbons (Fsp3) is 1.00. The molecule has 0 amide bonds. The Balaban J connectivity index is 1.79. The zero-order valence-corrected chi connectivity index (χ0v) is 13.0. The monoisotopic (exact) mass is 270 g/mol. The van der Waals surface area contributed by atoms with Crippen LogP contribution in [0.5, 0.6) is 0 Å². The van der Waals surface area contributed by atoms with Crippen molar-refractivity contribution in [1.29, 1.82) is 0 Å². The quantitative estimate of drug-likeness (QED) is 0.506. The molecule has 0 N–H and O–H groups in total. The lowest BCUT2D eigenvalue weighted by Gasteiger charge is -2.40. The summed E-state index contributed by atoms with van der Waals surface area (Å²) in [5.74, 6) is 2.95. The third-order valence-corrected chi connectivity index (χ3v) is 6.18. The molecule has 2 saturated carbocycles. The molecule has 0 aliphatic heterocycles. The Bertz CT molecular complexity index is 222. The van der Waals surface area contributed by atoms with Gasteiger partial charge in [0.25, 0.3) is 0 Å². The van der Waals surface area contributed by atoms with Crippen LogP contribution >= 0.6 is 11.6 Å². The van der Waals surface area contributed by atoms with Crippen LogP contribution in [0.25, 0.3) is 0 Å². The van der Waals surface area contributed by atoms with Gasteiger partial charge in [-0.3, -0.25) is 0 Å². The average Bonchev–Trinajstić information content (AvgIpc) is 2.91. The molecule has 0 heterocycles. The molecule has 18 heavy (non-hydrogen) atoms. The molecule has 1 heteroatoms. The molecule has 2 fully saturated rings. The Morgan fingerprint density at radius 3 is 2.22 bits per heavy atom. The fourth-order valence-electron chi connectivity index (χ4n) is 4.29. The molecule has 0 aromatic carbocycles. The number of unbranched alkanes of at least 4 members (excludes halogenated alkanes) is 1. The first-order chi connectivity index (χ1) is 8.78. The standard InChI is InChI=1S/C17H31Cl/c1-2-3-6-15-9-11-17(14-18,12-10-15)13-16-7-4-5-8-16/h15-16H,2-14H2,1H3. The Kier molecular flexibility index (Phi) is 5.86. The molecule has 2 aliphatic rings. The minimum atomic E-state index is 0.527. The van der Waals surface area contributed by atoms with Gasteiger partial charge in [-0.1, -0.05) is 51.9 Å². The third kappa shape index (κ3) is 3.89. The molecule has 2 rings (SSSR count). The first-order valence-electron chi connectivity index (χ1n) is 8.34. The molecule has 0 bridgehead atoms. The van der Waals surface area contributed by atoms with Crippen molar-refractivity contribution in [3.8, 4) is 0 Å². The van der Waals surface area contributed by atoms with Gasteiger partial charge in [0.05, 0.1) is 0 Å². The van der Waals surface area contributed by atoms with Crippen molar-refractivity contribution in [2.75, 3.05) is 5.88 Å². The molecular weight excluding hydrogens is 240 g/mol. The van der Waals surface area contributed by atoms with Gasteiger partial charge in [-0.2, -0.15) is 0 Å². The second-order valence-corrected chi connectivity index (χ2v) is 7.34. The molecular formula is C17H31Cl. The second-order valence-electron chi connectivity index (χ2n) is 7.07. The lowest BCUT2D eigenvalue weighted by Crippen LogP contribution is -2.31. The molecule has 0 saturated heterocycles. The van der Waals surface area contributed by atoms with Crippen LogP contribution < -0.4 is 0 Å². The van der Waals surface area contributed by atoms with Crippen molar-refractivity contribution >= 4 is 11.6 Å². The van der Waals surface area contributed by atoms with Crippen molar-refractivity contribution in [2.24, 2.45) is 17.3 Å². The van der Waals surface area contributed by atoms with Gasteiger partial charge in [0.1, 0.15) is 0 Å². The molecule has 0 aromatic rings. The van der Waals surface area contributed by atoms with Crippen molar-refractivity contribution in [3.05, 3.63) is 0 Å². The summed E-state index contributed by atoms with van der Waals surface area (Å²) in [6.45, 7) is 2.31. The van der Waals surface area contributed by atoms with Gasteiger partial charge in [-0.05, 0) is 49.4 Å². The van der Waals surface area contributed by atoms with E-state index in [2.05, 4.69) is 6.92 Å². The van der Waals surface area contributed by atoms with Crippen molar-refractivity contribution in [3.63, 3.8) is 0 Å². The number of hydrogen-bond donors (Lipinski definition) is 0. The normalized spacial score (nSPS) is 34.0. The van der Waals surface area contributed by atoms with E-state index >= 15 is 0 Å². The minimum Gasteiger partial charge on any atom is -0.126 e. The summed E-state index contributed by atoms with van der Waals surface area (Å²) in [6.07, 6.45) is 17.4. The van der Waals surface area contributed by atoms with E-state index in [1.807, 2.05) is 0 Å². The Labute approximate surface area is 119 Å². The van der Waals surface area contributed by atoms with E-state index in [1.54, 1.807) is 0 Å². The van der Waals surface area contributed by atoms with E-state index in [-0.39, 0.29) is 0 Å². The third-order valence-electron chi connectivity index (χ3n) is 5.61. The van der Waals surface area contributed by atoms with Gasteiger partial charge in [0, 0.05) is 5.88 Å². The van der Waals surface area contributed by atoms with E-state index in [4.69, 9.17) is 11.6 Å². The van der Waals surface area contributed by atoms with E-state index in [1.165, 1.54) is 77.0 Å². The van der Waals surface area contributed by atoms with Crippen molar-refractivity contribution in [2.45, 2.75) is 84.0 Å². The highest BCUT2D eigenvalue weighted by molar-refractivity contribution is 6.18. The summed E-state index contributed by atoms with van der Waals surface area (Å²) < 4.78 is 0. The molecule has 0 radical (unpaired) electrons. The molecule has 0 atom stereocenters. The lowest BCUT2D eigenvalue weighted by atomic mass is 9.66. The maximum absolute atomic E-state index is 6.37. The summed E-state index contributed by atoms with van der Waals surface area (Å²) in [7, 11) is 0. The van der Waals surface area contributed by atoms with Gasteiger partial charge >= 0.3 is 0 Å². The van der Waals surface area contributed by atoms with E-state index in [0.29, 0.717) is 5.41 Å². The van der Waals surface area contributed by atoms with Crippen LogP contribution in [0.1, 0.15) is 84.0 Å². The van der Waals surface area contributed by atoms with Crippen LogP contribution in [0.15, 0.2) is 0 Å². The van der Waals surface area contributed by atoms with Gasteiger partial charge < -0.3 is 0 Å². The highest BCUT2D eigenvalue weighted by atomic mass is 35.5. The van der Waals surface area contributed by atoms with Gasteiger partial charge in [0.15, 0.2) is 0 Å². The SMILES string of the molecule is CCCCC1CCC(CCl)(CC2CCCC2)CC1. The van der Waals surface area contributed by atoms with Gasteiger partial charge in [-0.25, -0.2) is 0 Å². The molecule has 0 nitrogen and oxygen atoms in total. The second kappa shape index (κ2) is 7.17. The van der Waals surface area contributed by atoms with Crippen LogP contribution in [0.3, 0.4) is 0 Å². The first kappa shape index (κ1) is 14.7. The van der Waals surface area contributed by atoms with E-state index in [0.717, 1.165) is 17.7 Å². The smallest absolute Gasteiger partial charge is 0.0280 e. The topological polar surface area (TPSA) is 0 Å². The maximum atomic E-state index is 6.37. The summed E-state index contributed by atoms with van der Waals surface area (Å²) >= 11 is 6.37. The summed E-state index contributed by atoms with van der Waals surface area (Å²) in [4.78, 5) is 0. The number of alkyl halides is 1. The average molecular weight is 271 g/mol. The van der Waals surface area contributed by atoms with Crippen LogP contribution in [0.4, 0.5) is 0 Å². The summed E-state index contributed by atoms with van der Waals surface area (Å²) in [5.41, 5.74) is 0.527. The zero-order valence-electron chi connectivity index (χ0n) is 12.2. The molecule has 106 valence electrons. The van der Waals surface area contributed by atoms with Crippen LogP contribution in [0, 0.1) is 17.3 Å². The van der Waals surface area contributed by atoms with E-state index in [9.17, 15) is 0 Å². The zero-order chi connectivity index (χ0) is 12.8. The number of halogens is 1. The number of rotatable bonds is 6. The predicted molar refractivity (Wildman–Crippen MR) is 81.2 cm³/mol. The van der Waals surface area contributed by atoms with Crippen LogP contribution in [-0.4, -0.2) is 5.88 Å². The number of hydrogen-bond acceptors (Lipinski definition) is 0. The van der Waals surface area contributed by atoms with Gasteiger partial charge in [0.2, 0.25) is 0 Å².